The van der Waals surface area contributed by atoms with E-state index in [1.54, 1.807) is 0 Å². The van der Waals surface area contributed by atoms with Crippen molar-refractivity contribution in [3.8, 4) is 0 Å². The maximum atomic E-state index is 13.0. The van der Waals surface area contributed by atoms with E-state index in [-0.39, 0.29) is 25.7 Å². The van der Waals surface area contributed by atoms with Gasteiger partial charge in [-0.1, -0.05) is 280 Å². The average molecular weight is 1270 g/mol. The number of phosphoric acid groups is 2. The highest BCUT2D eigenvalue weighted by Gasteiger charge is 2.30. The molecule has 0 aromatic heterocycles. The first-order valence-electron chi connectivity index (χ1n) is 34.8. The zero-order chi connectivity index (χ0) is 63.8. The molecule has 0 bridgehead atoms. The molecule has 17 nitrogen and oxygen atoms in total. The van der Waals surface area contributed by atoms with E-state index in [4.69, 9.17) is 37.0 Å². The van der Waals surface area contributed by atoms with E-state index in [0.717, 1.165) is 103 Å². The lowest BCUT2D eigenvalue weighted by Gasteiger charge is -2.21. The van der Waals surface area contributed by atoms with Gasteiger partial charge in [0.1, 0.15) is 19.3 Å². The Morgan fingerprint density at radius 2 is 0.535 bits per heavy atom. The quantitative estimate of drug-likeness (QED) is 0.0222. The smallest absolute Gasteiger partial charge is 0.462 e. The summed E-state index contributed by atoms with van der Waals surface area (Å²) in [4.78, 5) is 72.3. The van der Waals surface area contributed by atoms with Crippen molar-refractivity contribution in [3.63, 3.8) is 0 Å². The second kappa shape index (κ2) is 58.2. The molecule has 0 saturated carbocycles. The fraction of sp³-hybridized carbons (Fsp3) is 0.940. The summed E-state index contributed by atoms with van der Waals surface area (Å²) >= 11 is 0. The van der Waals surface area contributed by atoms with Crippen molar-refractivity contribution in [1.82, 2.24) is 0 Å². The van der Waals surface area contributed by atoms with E-state index in [0.29, 0.717) is 43.4 Å². The largest absolute Gasteiger partial charge is 0.472 e. The van der Waals surface area contributed by atoms with E-state index in [1.807, 2.05) is 0 Å². The predicted octanol–water partition coefficient (Wildman–Crippen LogP) is 18.7. The molecule has 0 aliphatic carbocycles. The highest BCUT2D eigenvalue weighted by molar-refractivity contribution is 7.47. The number of phosphoric ester groups is 2. The number of carbonyl (C=O) groups is 4. The number of aliphatic hydroxyl groups excluding tert-OH is 1. The third-order valence-electron chi connectivity index (χ3n) is 15.4. The van der Waals surface area contributed by atoms with E-state index in [9.17, 15) is 43.2 Å². The van der Waals surface area contributed by atoms with Gasteiger partial charge >= 0.3 is 39.5 Å². The lowest BCUT2D eigenvalue weighted by molar-refractivity contribution is -0.161. The monoisotopic (exact) mass is 1270 g/mol. The summed E-state index contributed by atoms with van der Waals surface area (Å²) in [6.45, 7) is 11.6. The van der Waals surface area contributed by atoms with Crippen LogP contribution in [-0.4, -0.2) is 96.7 Å². The number of hydrogen-bond acceptors (Lipinski definition) is 15. The molecule has 0 saturated heterocycles. The molecule has 0 radical (unpaired) electrons. The van der Waals surface area contributed by atoms with Gasteiger partial charge in [-0.25, -0.2) is 9.13 Å². The molecule has 0 spiro atoms. The minimum atomic E-state index is -4.95. The summed E-state index contributed by atoms with van der Waals surface area (Å²) in [5, 5.41) is 10.6. The number of unbranched alkanes of at least 4 members (excludes halogenated alkanes) is 33. The van der Waals surface area contributed by atoms with Gasteiger partial charge in [0.25, 0.3) is 0 Å². The van der Waals surface area contributed by atoms with Crippen molar-refractivity contribution in [2.75, 3.05) is 39.6 Å². The van der Waals surface area contributed by atoms with Crippen molar-refractivity contribution in [3.05, 3.63) is 0 Å². The van der Waals surface area contributed by atoms with Gasteiger partial charge in [0.05, 0.1) is 26.4 Å². The zero-order valence-corrected chi connectivity index (χ0v) is 57.6. The summed E-state index contributed by atoms with van der Waals surface area (Å²) in [5.74, 6) is -0.0286. The molecular formula is C67H130O17P2. The third kappa shape index (κ3) is 60.9. The summed E-state index contributed by atoms with van der Waals surface area (Å²) in [6.07, 6.45) is 40.6. The van der Waals surface area contributed by atoms with Crippen LogP contribution in [0.15, 0.2) is 0 Å². The highest BCUT2D eigenvalue weighted by atomic mass is 31.2. The summed E-state index contributed by atoms with van der Waals surface area (Å²) in [6, 6.07) is 0. The lowest BCUT2D eigenvalue weighted by Crippen LogP contribution is -2.30. The number of esters is 4. The van der Waals surface area contributed by atoms with Crippen molar-refractivity contribution in [1.29, 1.82) is 0 Å². The maximum absolute atomic E-state index is 13.0. The molecule has 3 N–H and O–H groups in total. The molecule has 0 fully saturated rings. The van der Waals surface area contributed by atoms with Crippen LogP contribution in [0.2, 0.25) is 0 Å². The van der Waals surface area contributed by atoms with Crippen molar-refractivity contribution >= 4 is 39.5 Å². The van der Waals surface area contributed by atoms with Crippen LogP contribution >= 0.6 is 15.6 Å². The Kier molecular flexibility index (Phi) is 56.9. The number of hydrogen-bond donors (Lipinski definition) is 3. The van der Waals surface area contributed by atoms with Gasteiger partial charge in [0.15, 0.2) is 12.2 Å². The predicted molar refractivity (Wildman–Crippen MR) is 344 cm³/mol. The van der Waals surface area contributed by atoms with E-state index >= 15 is 0 Å². The van der Waals surface area contributed by atoms with Crippen molar-refractivity contribution in [2.24, 2.45) is 17.8 Å². The molecule has 5 atom stereocenters. The molecule has 86 heavy (non-hydrogen) atoms. The van der Waals surface area contributed by atoms with E-state index in [2.05, 4.69) is 48.5 Å². The van der Waals surface area contributed by atoms with Gasteiger partial charge in [-0.2, -0.15) is 0 Å². The van der Waals surface area contributed by atoms with Gasteiger partial charge in [-0.3, -0.25) is 37.3 Å². The molecule has 0 aromatic carbocycles. The van der Waals surface area contributed by atoms with Gasteiger partial charge in [-0.15, -0.1) is 0 Å². The molecule has 0 rings (SSSR count). The van der Waals surface area contributed by atoms with Gasteiger partial charge in [0, 0.05) is 25.7 Å². The number of ether oxygens (including phenoxy) is 4. The van der Waals surface area contributed by atoms with Crippen molar-refractivity contribution < 1.29 is 80.2 Å². The Labute approximate surface area is 524 Å². The minimum absolute atomic E-state index is 0.102. The van der Waals surface area contributed by atoms with Crippen molar-refractivity contribution in [2.45, 2.75) is 349 Å². The van der Waals surface area contributed by atoms with Crippen LogP contribution in [0.25, 0.3) is 0 Å². The highest BCUT2D eigenvalue weighted by Crippen LogP contribution is 2.45. The Hall–Kier alpha value is -1.94. The number of carbonyl (C=O) groups excluding carboxylic acids is 4. The molecular weight excluding hydrogens is 1140 g/mol. The van der Waals surface area contributed by atoms with Gasteiger partial charge in [-0.05, 0) is 43.4 Å². The normalized spacial score (nSPS) is 14.3. The Morgan fingerprint density at radius 3 is 0.791 bits per heavy atom. The standard InChI is InChI=1S/C67H130O17P2/c1-8-9-10-11-12-13-14-15-16-17-18-19-20-27-36-43-50-66(71)83-62(54-77-64(69)48-41-34-28-21-24-31-38-45-58(2)3)56-81-85(73,74)79-52-61(68)53-80-86(75,76)82-57-63(84-67(72)51-44-37-30-23-26-33-40-47-60(6)7)55-78-65(70)49-42-35-29-22-25-32-39-46-59(4)5/h58-63,68H,8-57H2,1-7H3,(H,73,74)(H,75,76)/t61-,62-,63-/m1/s1. The first kappa shape index (κ1) is 84.1. The van der Waals surface area contributed by atoms with Crippen LogP contribution < -0.4 is 0 Å². The number of rotatable bonds is 65. The van der Waals surface area contributed by atoms with Crippen LogP contribution in [0.1, 0.15) is 331 Å². The molecule has 0 amide bonds. The van der Waals surface area contributed by atoms with Crippen LogP contribution in [0, 0.1) is 17.8 Å². The van der Waals surface area contributed by atoms with E-state index in [1.165, 1.54) is 128 Å². The lowest BCUT2D eigenvalue weighted by atomic mass is 10.0. The zero-order valence-electron chi connectivity index (χ0n) is 55.8. The number of aliphatic hydroxyl groups is 1. The summed E-state index contributed by atoms with van der Waals surface area (Å²) in [5.41, 5.74) is 0. The molecule has 0 aromatic rings. The Morgan fingerprint density at radius 1 is 0.314 bits per heavy atom. The van der Waals surface area contributed by atoms with Crippen LogP contribution in [0.3, 0.4) is 0 Å². The average Bonchev–Trinajstić information content (AvgIpc) is 3.64. The summed E-state index contributed by atoms with van der Waals surface area (Å²) in [7, 11) is -9.89. The summed E-state index contributed by atoms with van der Waals surface area (Å²) < 4.78 is 68.1. The molecule has 0 heterocycles. The van der Waals surface area contributed by atoms with E-state index < -0.39 is 97.5 Å². The molecule has 0 aliphatic heterocycles. The SMILES string of the molecule is CCCCCCCCCCCCCCCCCCC(=O)O[C@H](COC(=O)CCCCCCCCCC(C)C)COP(=O)(O)OC[C@@H](O)COP(=O)(O)OC[C@@H](COC(=O)CCCCCCCCCC(C)C)OC(=O)CCCCCCCCCC(C)C. The first-order valence-corrected chi connectivity index (χ1v) is 37.8. The second-order valence-electron chi connectivity index (χ2n) is 25.6. The second-order valence-corrected chi connectivity index (χ2v) is 28.5. The van der Waals surface area contributed by atoms with Crippen LogP contribution in [-0.2, 0) is 65.4 Å². The Balaban J connectivity index is 5.22. The molecule has 2 unspecified atom stereocenters. The fourth-order valence-electron chi connectivity index (χ4n) is 10.0. The fourth-order valence-corrected chi connectivity index (χ4v) is 11.6. The third-order valence-corrected chi connectivity index (χ3v) is 17.3. The van der Waals surface area contributed by atoms with Gasteiger partial charge in [0.2, 0.25) is 0 Å². The molecule has 510 valence electrons. The van der Waals surface area contributed by atoms with Gasteiger partial charge < -0.3 is 33.8 Å². The minimum Gasteiger partial charge on any atom is -0.462 e. The topological polar surface area (TPSA) is 237 Å². The van der Waals surface area contributed by atoms with Crippen LogP contribution in [0.4, 0.5) is 0 Å². The first-order chi connectivity index (χ1) is 41.2. The van der Waals surface area contributed by atoms with Crippen LogP contribution in [0.5, 0.6) is 0 Å². The Bertz CT molecular complexity index is 1700. The maximum Gasteiger partial charge on any atom is 0.472 e. The molecule has 19 heteroatoms. The molecule has 0 aliphatic rings.